The Balaban J connectivity index is 2.21. The van der Waals surface area contributed by atoms with Crippen LogP contribution in [0, 0.1) is 0 Å². The summed E-state index contributed by atoms with van der Waals surface area (Å²) in [6, 6.07) is 9.39. The topological polar surface area (TPSA) is 60.2 Å². The molecule has 0 unspecified atom stereocenters. The Hall–Kier alpha value is -1.75. The number of anilines is 3. The van der Waals surface area contributed by atoms with Gasteiger partial charge in [0.25, 0.3) is 0 Å². The van der Waals surface area contributed by atoms with Crippen molar-refractivity contribution in [2.45, 2.75) is 0 Å². The van der Waals surface area contributed by atoms with Gasteiger partial charge in [0.1, 0.15) is 11.6 Å². The van der Waals surface area contributed by atoms with Crippen LogP contribution < -0.4 is 15.8 Å². The lowest BCUT2D eigenvalue weighted by Gasteiger charge is -2.09. The van der Waals surface area contributed by atoms with Crippen molar-refractivity contribution in [3.05, 3.63) is 41.0 Å². The number of halogens is 1. The third-order valence-electron chi connectivity index (χ3n) is 2.23. The molecule has 0 radical (unpaired) electrons. The van der Waals surface area contributed by atoms with Crippen molar-refractivity contribution in [2.75, 3.05) is 18.2 Å². The van der Waals surface area contributed by atoms with Crippen molar-refractivity contribution in [3.8, 4) is 5.75 Å². The van der Waals surface area contributed by atoms with Gasteiger partial charge in [0, 0.05) is 11.8 Å². The predicted octanol–water partition coefficient (Wildman–Crippen LogP) is 3.18. The number of nitrogens with two attached hydrogens (primary N) is 1. The molecule has 0 bridgehead atoms. The van der Waals surface area contributed by atoms with E-state index in [0.29, 0.717) is 5.82 Å². The first-order valence-electron chi connectivity index (χ1n) is 5.01. The lowest BCUT2D eigenvalue weighted by molar-refractivity contribution is 0.412. The third kappa shape index (κ3) is 2.88. The van der Waals surface area contributed by atoms with Crippen LogP contribution in [-0.2, 0) is 0 Å². The molecule has 1 heterocycles. The Labute approximate surface area is 108 Å². The lowest BCUT2D eigenvalue weighted by Crippen LogP contribution is -1.94. The highest BCUT2D eigenvalue weighted by atomic mass is 79.9. The van der Waals surface area contributed by atoms with Gasteiger partial charge in [0.15, 0.2) is 0 Å². The molecule has 2 aromatic rings. The first-order chi connectivity index (χ1) is 8.19. The number of ether oxygens (including phenoxy) is 1. The van der Waals surface area contributed by atoms with Crippen molar-refractivity contribution in [1.29, 1.82) is 0 Å². The van der Waals surface area contributed by atoms with Gasteiger partial charge in [-0.25, -0.2) is 4.98 Å². The molecule has 0 fully saturated rings. The summed E-state index contributed by atoms with van der Waals surface area (Å²) in [6.45, 7) is 0. The molecule has 5 heteroatoms. The maximum absolute atomic E-state index is 5.52. The van der Waals surface area contributed by atoms with Crippen LogP contribution in [0.1, 0.15) is 0 Å². The zero-order valence-electron chi connectivity index (χ0n) is 9.27. The molecule has 4 nitrogen and oxygen atoms in total. The van der Waals surface area contributed by atoms with E-state index in [9.17, 15) is 0 Å². The number of pyridine rings is 1. The van der Waals surface area contributed by atoms with Gasteiger partial charge in [-0.15, -0.1) is 0 Å². The molecule has 0 aliphatic rings. The van der Waals surface area contributed by atoms with E-state index in [1.54, 1.807) is 19.4 Å². The number of aromatic nitrogens is 1. The van der Waals surface area contributed by atoms with E-state index in [0.717, 1.165) is 21.6 Å². The highest BCUT2D eigenvalue weighted by molar-refractivity contribution is 9.10. The van der Waals surface area contributed by atoms with Crippen LogP contribution in [0.5, 0.6) is 5.75 Å². The van der Waals surface area contributed by atoms with E-state index in [1.807, 2.05) is 24.3 Å². The minimum Gasteiger partial charge on any atom is -0.495 e. The predicted molar refractivity (Wildman–Crippen MR) is 72.6 cm³/mol. The van der Waals surface area contributed by atoms with Gasteiger partial charge < -0.3 is 15.8 Å². The summed E-state index contributed by atoms with van der Waals surface area (Å²) < 4.78 is 6.14. The molecular weight excluding hydrogens is 282 g/mol. The van der Waals surface area contributed by atoms with Crippen LogP contribution in [-0.4, -0.2) is 12.1 Å². The summed E-state index contributed by atoms with van der Waals surface area (Å²) in [5.74, 6) is 1.28. The molecule has 0 amide bonds. The van der Waals surface area contributed by atoms with E-state index in [-0.39, 0.29) is 0 Å². The minimum absolute atomic E-state index is 0.504. The summed E-state index contributed by atoms with van der Waals surface area (Å²) in [5, 5.41) is 3.21. The molecule has 2 rings (SSSR count). The Morgan fingerprint density at radius 1 is 1.24 bits per heavy atom. The molecule has 0 saturated carbocycles. The minimum atomic E-state index is 0.504. The van der Waals surface area contributed by atoms with E-state index in [2.05, 4.69) is 26.2 Å². The van der Waals surface area contributed by atoms with Gasteiger partial charge in [-0.3, -0.25) is 0 Å². The van der Waals surface area contributed by atoms with Crippen molar-refractivity contribution in [2.24, 2.45) is 0 Å². The van der Waals surface area contributed by atoms with Gasteiger partial charge in [-0.2, -0.15) is 0 Å². The maximum Gasteiger partial charge on any atom is 0.135 e. The molecule has 0 atom stereocenters. The Morgan fingerprint density at radius 3 is 2.65 bits per heavy atom. The van der Waals surface area contributed by atoms with E-state index < -0.39 is 0 Å². The van der Waals surface area contributed by atoms with Crippen molar-refractivity contribution in [1.82, 2.24) is 4.98 Å². The Bertz CT molecular complexity index is 514. The van der Waals surface area contributed by atoms with Gasteiger partial charge in [-0.1, -0.05) is 0 Å². The maximum atomic E-state index is 5.52. The lowest BCUT2D eigenvalue weighted by atomic mass is 10.3. The molecule has 0 saturated heterocycles. The number of hydrogen-bond acceptors (Lipinski definition) is 4. The normalized spacial score (nSPS) is 10.0. The van der Waals surface area contributed by atoms with Crippen LogP contribution in [0.3, 0.4) is 0 Å². The summed E-state index contributed by atoms with van der Waals surface area (Å²) in [4.78, 5) is 4.01. The largest absolute Gasteiger partial charge is 0.495 e. The second-order valence-electron chi connectivity index (χ2n) is 3.45. The second-order valence-corrected chi connectivity index (χ2v) is 4.30. The monoisotopic (exact) mass is 293 g/mol. The first-order valence-corrected chi connectivity index (χ1v) is 5.80. The highest BCUT2D eigenvalue weighted by Crippen LogP contribution is 2.29. The van der Waals surface area contributed by atoms with Crippen LogP contribution in [0.25, 0.3) is 0 Å². The molecule has 0 aliphatic carbocycles. The number of methoxy groups -OCH3 is 1. The van der Waals surface area contributed by atoms with Crippen molar-refractivity contribution < 1.29 is 4.74 Å². The van der Waals surface area contributed by atoms with E-state index >= 15 is 0 Å². The van der Waals surface area contributed by atoms with Crippen LogP contribution >= 0.6 is 15.9 Å². The van der Waals surface area contributed by atoms with Gasteiger partial charge in [0.05, 0.1) is 23.5 Å². The van der Waals surface area contributed by atoms with Crippen LogP contribution in [0.2, 0.25) is 0 Å². The first kappa shape index (κ1) is 11.7. The fourth-order valence-corrected chi connectivity index (χ4v) is 1.79. The zero-order valence-corrected chi connectivity index (χ0v) is 10.9. The summed E-state index contributed by atoms with van der Waals surface area (Å²) in [5.41, 5.74) is 7.33. The molecule has 88 valence electrons. The average molecular weight is 294 g/mol. The van der Waals surface area contributed by atoms with Crippen molar-refractivity contribution in [3.63, 3.8) is 0 Å². The second kappa shape index (κ2) is 5.05. The van der Waals surface area contributed by atoms with Crippen LogP contribution in [0.15, 0.2) is 41.0 Å². The smallest absolute Gasteiger partial charge is 0.135 e. The average Bonchev–Trinajstić information content (AvgIpc) is 2.34. The molecule has 3 N–H and O–H groups in total. The zero-order chi connectivity index (χ0) is 12.3. The number of benzene rings is 1. The summed E-state index contributed by atoms with van der Waals surface area (Å²) >= 11 is 3.40. The Morgan fingerprint density at radius 2 is 2.00 bits per heavy atom. The molecule has 1 aromatic heterocycles. The fourth-order valence-electron chi connectivity index (χ4n) is 1.38. The number of nitrogens with zero attached hydrogens (tertiary/aromatic N) is 1. The number of hydrogen-bond donors (Lipinski definition) is 2. The molecule has 1 aromatic carbocycles. The van der Waals surface area contributed by atoms with Crippen LogP contribution in [0.4, 0.5) is 17.2 Å². The molecule has 0 aliphatic heterocycles. The molecule has 0 spiro atoms. The molecular formula is C12H12BrN3O. The Kier molecular flexibility index (Phi) is 3.49. The fraction of sp³-hybridized carbons (Fsp3) is 0.0833. The summed E-state index contributed by atoms with van der Waals surface area (Å²) in [6.07, 6.45) is 1.68. The quantitative estimate of drug-likeness (QED) is 0.912. The van der Waals surface area contributed by atoms with E-state index in [1.165, 1.54) is 0 Å². The number of rotatable bonds is 3. The third-order valence-corrected chi connectivity index (χ3v) is 2.88. The number of nitrogen functional groups attached to an aromatic ring is 1. The summed E-state index contributed by atoms with van der Waals surface area (Å²) in [7, 11) is 1.63. The van der Waals surface area contributed by atoms with Gasteiger partial charge >= 0.3 is 0 Å². The van der Waals surface area contributed by atoms with Gasteiger partial charge in [-0.05, 0) is 40.2 Å². The van der Waals surface area contributed by atoms with Gasteiger partial charge in [0.2, 0.25) is 0 Å². The van der Waals surface area contributed by atoms with Crippen molar-refractivity contribution >= 4 is 33.1 Å². The standard InChI is InChI=1S/C12H12BrN3O/c1-17-11-6-8(2-4-10(11)13)16-9-3-5-12(14)15-7-9/h2-7,16H,1H3,(H2,14,15). The molecule has 17 heavy (non-hydrogen) atoms. The SMILES string of the molecule is COc1cc(Nc2ccc(N)nc2)ccc1Br. The van der Waals surface area contributed by atoms with E-state index in [4.69, 9.17) is 10.5 Å². The highest BCUT2D eigenvalue weighted by Gasteiger charge is 2.02. The number of nitrogens with one attached hydrogen (secondary N) is 1.